The zero-order chi connectivity index (χ0) is 8.55. The van der Waals surface area contributed by atoms with E-state index in [4.69, 9.17) is 11.6 Å². The minimum absolute atomic E-state index is 0.0983. The van der Waals surface area contributed by atoms with Crippen molar-refractivity contribution in [1.82, 2.24) is 10.3 Å². The van der Waals surface area contributed by atoms with Gasteiger partial charge in [0.15, 0.2) is 0 Å². The molecule has 0 bridgehead atoms. The summed E-state index contributed by atoms with van der Waals surface area (Å²) >= 11 is 5.57. The van der Waals surface area contributed by atoms with Crippen LogP contribution < -0.4 is 5.32 Å². The number of hydrogen-bond acceptors (Lipinski definition) is 2. The molecular formula is C8H8ClFN2. The maximum atomic E-state index is 12.6. The lowest BCUT2D eigenvalue weighted by Crippen LogP contribution is -2.35. The molecule has 1 aliphatic rings. The number of nitrogens with one attached hydrogen (secondary N) is 1. The van der Waals surface area contributed by atoms with Crippen LogP contribution in [0.1, 0.15) is 18.0 Å². The summed E-state index contributed by atoms with van der Waals surface area (Å²) in [5.74, 6) is -0.597. The Morgan fingerprint density at radius 3 is 2.92 bits per heavy atom. The number of rotatable bonds is 1. The lowest BCUT2D eigenvalue weighted by atomic mass is 10.00. The standard InChI is InChI=1S/C8H8ClFN2/c9-6-3-5(4-12-8(6)10)7-1-2-11-7/h3-4,7,11H,1-2H2/t7-/m0/s1. The molecule has 1 saturated heterocycles. The van der Waals surface area contributed by atoms with E-state index in [1.54, 1.807) is 6.07 Å². The molecule has 1 aromatic rings. The largest absolute Gasteiger partial charge is 0.310 e. The van der Waals surface area contributed by atoms with Gasteiger partial charge in [-0.1, -0.05) is 11.6 Å². The molecule has 0 amide bonds. The second kappa shape index (κ2) is 2.99. The first kappa shape index (κ1) is 7.95. The molecule has 2 nitrogen and oxygen atoms in total. The Kier molecular flexibility index (Phi) is 1.98. The van der Waals surface area contributed by atoms with E-state index in [0.717, 1.165) is 18.5 Å². The maximum absolute atomic E-state index is 12.6. The van der Waals surface area contributed by atoms with Gasteiger partial charge in [-0.25, -0.2) is 4.98 Å². The molecule has 0 spiro atoms. The van der Waals surface area contributed by atoms with Gasteiger partial charge in [0.05, 0.1) is 5.02 Å². The van der Waals surface area contributed by atoms with Crippen molar-refractivity contribution >= 4 is 11.6 Å². The minimum Gasteiger partial charge on any atom is -0.310 e. The first-order valence-corrected chi connectivity index (χ1v) is 4.19. The van der Waals surface area contributed by atoms with Crippen LogP contribution in [0.3, 0.4) is 0 Å². The third kappa shape index (κ3) is 1.30. The van der Waals surface area contributed by atoms with E-state index in [1.165, 1.54) is 6.20 Å². The fourth-order valence-electron chi connectivity index (χ4n) is 1.20. The second-order valence-electron chi connectivity index (χ2n) is 2.84. The van der Waals surface area contributed by atoms with Gasteiger partial charge in [0.1, 0.15) is 0 Å². The van der Waals surface area contributed by atoms with E-state index >= 15 is 0 Å². The quantitative estimate of drug-likeness (QED) is 0.678. The van der Waals surface area contributed by atoms with Crippen molar-refractivity contribution in [3.63, 3.8) is 0 Å². The van der Waals surface area contributed by atoms with Gasteiger partial charge in [0.25, 0.3) is 0 Å². The normalized spacial score (nSPS) is 22.0. The van der Waals surface area contributed by atoms with Gasteiger partial charge in [-0.2, -0.15) is 4.39 Å². The highest BCUT2D eigenvalue weighted by atomic mass is 35.5. The van der Waals surface area contributed by atoms with Gasteiger partial charge in [-0.15, -0.1) is 0 Å². The topological polar surface area (TPSA) is 24.9 Å². The van der Waals surface area contributed by atoms with Crippen LogP contribution in [0, 0.1) is 5.95 Å². The first-order chi connectivity index (χ1) is 5.77. The highest BCUT2D eigenvalue weighted by molar-refractivity contribution is 6.30. The van der Waals surface area contributed by atoms with Crippen molar-refractivity contribution in [1.29, 1.82) is 0 Å². The van der Waals surface area contributed by atoms with Gasteiger partial charge in [0.2, 0.25) is 5.95 Å². The summed E-state index contributed by atoms with van der Waals surface area (Å²) in [4.78, 5) is 3.54. The highest BCUT2D eigenvalue weighted by Crippen LogP contribution is 2.24. The van der Waals surface area contributed by atoms with Gasteiger partial charge in [-0.3, -0.25) is 0 Å². The van der Waals surface area contributed by atoms with Crippen LogP contribution in [-0.2, 0) is 0 Å². The molecule has 0 radical (unpaired) electrons. The lowest BCUT2D eigenvalue weighted by Gasteiger charge is -2.27. The van der Waals surface area contributed by atoms with Crippen LogP contribution in [-0.4, -0.2) is 11.5 Å². The average molecular weight is 187 g/mol. The summed E-state index contributed by atoms with van der Waals surface area (Å²) < 4.78 is 12.6. The second-order valence-corrected chi connectivity index (χ2v) is 3.24. The predicted molar refractivity (Wildman–Crippen MR) is 44.6 cm³/mol. The smallest absolute Gasteiger partial charge is 0.231 e. The summed E-state index contributed by atoms with van der Waals surface area (Å²) in [6.07, 6.45) is 2.60. The summed E-state index contributed by atoms with van der Waals surface area (Å²) in [7, 11) is 0. The number of hydrogen-bond donors (Lipinski definition) is 1. The molecule has 4 heteroatoms. The molecule has 2 heterocycles. The van der Waals surface area contributed by atoms with Crippen molar-refractivity contribution in [2.45, 2.75) is 12.5 Å². The van der Waals surface area contributed by atoms with E-state index in [-0.39, 0.29) is 5.02 Å². The summed E-state index contributed by atoms with van der Waals surface area (Å²) in [6, 6.07) is 1.94. The Balaban J connectivity index is 2.27. The van der Waals surface area contributed by atoms with Crippen LogP contribution in [0.2, 0.25) is 5.02 Å². The van der Waals surface area contributed by atoms with E-state index in [2.05, 4.69) is 10.3 Å². The number of nitrogens with zero attached hydrogens (tertiary/aromatic N) is 1. The molecule has 1 aromatic heterocycles. The third-order valence-corrected chi connectivity index (χ3v) is 2.31. The van der Waals surface area contributed by atoms with Gasteiger partial charge in [-0.05, 0) is 24.6 Å². The molecule has 1 fully saturated rings. The van der Waals surface area contributed by atoms with E-state index in [0.29, 0.717) is 6.04 Å². The highest BCUT2D eigenvalue weighted by Gasteiger charge is 2.19. The molecule has 0 unspecified atom stereocenters. The lowest BCUT2D eigenvalue weighted by molar-refractivity contribution is 0.381. The molecule has 12 heavy (non-hydrogen) atoms. The van der Waals surface area contributed by atoms with Crippen LogP contribution in [0.5, 0.6) is 0 Å². The minimum atomic E-state index is -0.597. The molecular weight excluding hydrogens is 179 g/mol. The van der Waals surface area contributed by atoms with Crippen molar-refractivity contribution in [2.24, 2.45) is 0 Å². The Bertz CT molecular complexity index is 299. The fraction of sp³-hybridized carbons (Fsp3) is 0.375. The SMILES string of the molecule is Fc1ncc([C@@H]2CCN2)cc1Cl. The number of halogens is 2. The van der Waals surface area contributed by atoms with Gasteiger partial charge < -0.3 is 5.32 Å². The first-order valence-electron chi connectivity index (χ1n) is 3.81. The van der Waals surface area contributed by atoms with E-state index < -0.39 is 5.95 Å². The molecule has 0 aliphatic carbocycles. The average Bonchev–Trinajstić information content (AvgIpc) is 1.93. The Morgan fingerprint density at radius 1 is 1.67 bits per heavy atom. The molecule has 1 aliphatic heterocycles. The molecule has 64 valence electrons. The molecule has 1 atom stereocenters. The zero-order valence-electron chi connectivity index (χ0n) is 6.35. The predicted octanol–water partition coefficient (Wildman–Crippen LogP) is 1.91. The third-order valence-electron chi connectivity index (χ3n) is 2.04. The Labute approximate surface area is 74.8 Å². The van der Waals surface area contributed by atoms with E-state index in [1.807, 2.05) is 0 Å². The van der Waals surface area contributed by atoms with Crippen LogP contribution in [0.25, 0.3) is 0 Å². The van der Waals surface area contributed by atoms with Crippen molar-refractivity contribution in [3.05, 3.63) is 28.8 Å². The maximum Gasteiger partial charge on any atom is 0.231 e. The number of aromatic nitrogens is 1. The fourth-order valence-corrected chi connectivity index (χ4v) is 1.37. The van der Waals surface area contributed by atoms with Crippen LogP contribution in [0.4, 0.5) is 4.39 Å². The number of pyridine rings is 1. The van der Waals surface area contributed by atoms with Crippen molar-refractivity contribution in [3.8, 4) is 0 Å². The summed E-state index contributed by atoms with van der Waals surface area (Å²) in [5, 5.41) is 3.29. The summed E-state index contributed by atoms with van der Waals surface area (Å²) in [5.41, 5.74) is 0.965. The Hall–Kier alpha value is -0.670. The molecule has 2 rings (SSSR count). The molecule has 0 saturated carbocycles. The van der Waals surface area contributed by atoms with Crippen LogP contribution >= 0.6 is 11.6 Å². The van der Waals surface area contributed by atoms with Gasteiger partial charge >= 0.3 is 0 Å². The van der Waals surface area contributed by atoms with Gasteiger partial charge in [0, 0.05) is 12.2 Å². The Morgan fingerprint density at radius 2 is 2.42 bits per heavy atom. The van der Waals surface area contributed by atoms with Crippen molar-refractivity contribution < 1.29 is 4.39 Å². The molecule has 1 N–H and O–H groups in total. The zero-order valence-corrected chi connectivity index (χ0v) is 7.11. The van der Waals surface area contributed by atoms with Crippen LogP contribution in [0.15, 0.2) is 12.3 Å². The van der Waals surface area contributed by atoms with E-state index in [9.17, 15) is 4.39 Å². The molecule has 0 aromatic carbocycles. The van der Waals surface area contributed by atoms with Crippen molar-refractivity contribution in [2.75, 3.05) is 6.54 Å². The monoisotopic (exact) mass is 186 g/mol. The summed E-state index contributed by atoms with van der Waals surface area (Å²) in [6.45, 7) is 1.01.